The summed E-state index contributed by atoms with van der Waals surface area (Å²) in [5, 5.41) is 10.6. The van der Waals surface area contributed by atoms with Crippen molar-refractivity contribution in [3.8, 4) is 0 Å². The van der Waals surface area contributed by atoms with E-state index in [9.17, 15) is 5.11 Å². The molecule has 4 unspecified atom stereocenters. The minimum absolute atomic E-state index is 0.360. The number of aliphatic hydroxyl groups is 1. The Labute approximate surface area is 86.6 Å². The highest BCUT2D eigenvalue weighted by Gasteiger charge is 2.52. The van der Waals surface area contributed by atoms with E-state index < -0.39 is 0 Å². The van der Waals surface area contributed by atoms with Crippen molar-refractivity contribution < 1.29 is 9.84 Å². The molecule has 2 heteroatoms. The molecular weight excluding hydrogens is 176 g/mol. The molecule has 2 nitrogen and oxygen atoms in total. The lowest BCUT2D eigenvalue weighted by atomic mass is 9.74. The smallest absolute Gasteiger partial charge is 0.0704 e. The van der Waals surface area contributed by atoms with Gasteiger partial charge < -0.3 is 9.84 Å². The number of ether oxygens (including phenoxy) is 1. The molecule has 0 saturated heterocycles. The lowest BCUT2D eigenvalue weighted by molar-refractivity contribution is -0.0663. The van der Waals surface area contributed by atoms with Crippen LogP contribution < -0.4 is 0 Å². The van der Waals surface area contributed by atoms with E-state index in [4.69, 9.17) is 4.74 Å². The Morgan fingerprint density at radius 1 is 1.50 bits per heavy atom. The van der Waals surface area contributed by atoms with Crippen molar-refractivity contribution >= 4 is 0 Å². The van der Waals surface area contributed by atoms with Gasteiger partial charge in [0.25, 0.3) is 0 Å². The Bertz CT molecular complexity index is 204. The van der Waals surface area contributed by atoms with Crippen molar-refractivity contribution in [3.63, 3.8) is 0 Å². The van der Waals surface area contributed by atoms with Crippen LogP contribution in [0.5, 0.6) is 0 Å². The van der Waals surface area contributed by atoms with Crippen LogP contribution in [0.3, 0.4) is 0 Å². The van der Waals surface area contributed by atoms with Crippen molar-refractivity contribution in [1.82, 2.24) is 0 Å². The Balaban J connectivity index is 1.95. The summed E-state index contributed by atoms with van der Waals surface area (Å²) < 4.78 is 5.09. The number of methoxy groups -OCH3 is 1. The second-order valence-electron chi connectivity index (χ2n) is 5.25. The summed E-state index contributed by atoms with van der Waals surface area (Å²) in [7, 11) is 1.73. The minimum Gasteiger partial charge on any atom is -0.389 e. The van der Waals surface area contributed by atoms with Gasteiger partial charge in [0, 0.05) is 13.7 Å². The third-order valence-corrected chi connectivity index (χ3v) is 4.47. The molecule has 2 bridgehead atoms. The average molecular weight is 198 g/mol. The van der Waals surface area contributed by atoms with Crippen LogP contribution in [0.15, 0.2) is 0 Å². The van der Waals surface area contributed by atoms with Gasteiger partial charge in [-0.1, -0.05) is 6.92 Å². The van der Waals surface area contributed by atoms with Crippen molar-refractivity contribution in [2.24, 2.45) is 17.8 Å². The first kappa shape index (κ1) is 10.4. The third kappa shape index (κ3) is 1.59. The third-order valence-electron chi connectivity index (χ3n) is 4.47. The second kappa shape index (κ2) is 3.82. The van der Waals surface area contributed by atoms with Gasteiger partial charge in [0.05, 0.1) is 5.60 Å². The predicted octanol–water partition coefficient (Wildman–Crippen LogP) is 2.21. The summed E-state index contributed by atoms with van der Waals surface area (Å²) in [5.74, 6) is 1.80. The molecule has 2 fully saturated rings. The summed E-state index contributed by atoms with van der Waals surface area (Å²) in [6.07, 6.45) is 5.91. The van der Waals surface area contributed by atoms with Gasteiger partial charge in [0.1, 0.15) is 0 Å². The van der Waals surface area contributed by atoms with Crippen LogP contribution in [-0.4, -0.2) is 24.4 Å². The van der Waals surface area contributed by atoms with Gasteiger partial charge in [-0.15, -0.1) is 0 Å². The summed E-state index contributed by atoms with van der Waals surface area (Å²) in [6.45, 7) is 2.96. The van der Waals surface area contributed by atoms with E-state index in [0.717, 1.165) is 25.4 Å². The summed E-state index contributed by atoms with van der Waals surface area (Å²) in [5.41, 5.74) is -0.360. The van der Waals surface area contributed by atoms with E-state index in [1.807, 2.05) is 0 Å². The quantitative estimate of drug-likeness (QED) is 0.750. The van der Waals surface area contributed by atoms with E-state index >= 15 is 0 Å². The summed E-state index contributed by atoms with van der Waals surface area (Å²) >= 11 is 0. The van der Waals surface area contributed by atoms with E-state index in [1.165, 1.54) is 19.3 Å². The molecule has 14 heavy (non-hydrogen) atoms. The number of hydrogen-bond donors (Lipinski definition) is 1. The molecule has 0 aromatic carbocycles. The average Bonchev–Trinajstić information content (AvgIpc) is 2.73. The molecule has 0 radical (unpaired) electrons. The van der Waals surface area contributed by atoms with Crippen LogP contribution in [0.2, 0.25) is 0 Å². The molecule has 2 rings (SSSR count). The lowest BCUT2D eigenvalue weighted by Gasteiger charge is -2.38. The molecule has 0 spiro atoms. The van der Waals surface area contributed by atoms with Crippen LogP contribution in [0.4, 0.5) is 0 Å². The molecule has 0 aliphatic heterocycles. The van der Waals surface area contributed by atoms with Crippen LogP contribution in [-0.2, 0) is 4.74 Å². The molecule has 0 aromatic rings. The van der Waals surface area contributed by atoms with Gasteiger partial charge in [0.15, 0.2) is 0 Å². The molecule has 2 aliphatic carbocycles. The van der Waals surface area contributed by atoms with Gasteiger partial charge in [-0.25, -0.2) is 0 Å². The monoisotopic (exact) mass is 198 g/mol. The fourth-order valence-electron chi connectivity index (χ4n) is 3.49. The van der Waals surface area contributed by atoms with E-state index in [1.54, 1.807) is 7.11 Å². The van der Waals surface area contributed by atoms with Crippen LogP contribution in [0.25, 0.3) is 0 Å². The first-order valence-corrected chi connectivity index (χ1v) is 5.88. The van der Waals surface area contributed by atoms with Crippen LogP contribution in [0.1, 0.15) is 39.0 Å². The van der Waals surface area contributed by atoms with Gasteiger partial charge in [-0.2, -0.15) is 0 Å². The predicted molar refractivity (Wildman–Crippen MR) is 56.1 cm³/mol. The maximum atomic E-state index is 10.6. The number of hydrogen-bond acceptors (Lipinski definition) is 2. The highest BCUT2D eigenvalue weighted by Crippen LogP contribution is 2.54. The van der Waals surface area contributed by atoms with Crippen molar-refractivity contribution in [2.45, 2.75) is 44.6 Å². The second-order valence-corrected chi connectivity index (χ2v) is 5.25. The normalized spacial score (nSPS) is 43.1. The molecule has 1 N–H and O–H groups in total. The van der Waals surface area contributed by atoms with Crippen molar-refractivity contribution in [2.75, 3.05) is 13.7 Å². The summed E-state index contributed by atoms with van der Waals surface area (Å²) in [4.78, 5) is 0. The minimum atomic E-state index is -0.360. The number of fused-ring (bicyclic) bond motifs is 2. The zero-order chi connectivity index (χ0) is 10.2. The molecule has 4 atom stereocenters. The van der Waals surface area contributed by atoms with Gasteiger partial charge >= 0.3 is 0 Å². The zero-order valence-electron chi connectivity index (χ0n) is 9.33. The molecule has 0 heterocycles. The molecule has 0 amide bonds. The highest BCUT2D eigenvalue weighted by atomic mass is 16.5. The number of rotatable bonds is 4. The lowest BCUT2D eigenvalue weighted by Crippen LogP contribution is -2.42. The van der Waals surface area contributed by atoms with Crippen LogP contribution in [0, 0.1) is 17.8 Å². The molecule has 82 valence electrons. The van der Waals surface area contributed by atoms with E-state index in [-0.39, 0.29) is 5.60 Å². The van der Waals surface area contributed by atoms with E-state index in [2.05, 4.69) is 6.92 Å². The standard InChI is InChI=1S/C12H22O2/c1-9(5-6-14-2)12(13)8-10-3-4-11(12)7-10/h9-11,13H,3-8H2,1-2H3. The van der Waals surface area contributed by atoms with Gasteiger partial charge in [-0.05, 0) is 49.9 Å². The van der Waals surface area contributed by atoms with Gasteiger partial charge in [-0.3, -0.25) is 0 Å². The van der Waals surface area contributed by atoms with Crippen molar-refractivity contribution in [1.29, 1.82) is 0 Å². The van der Waals surface area contributed by atoms with Gasteiger partial charge in [0.2, 0.25) is 0 Å². The SMILES string of the molecule is COCCC(C)C1(O)CC2CCC1C2. The first-order chi connectivity index (χ1) is 6.66. The molecule has 0 aromatic heterocycles. The fraction of sp³-hybridized carbons (Fsp3) is 1.00. The zero-order valence-corrected chi connectivity index (χ0v) is 9.33. The fourth-order valence-corrected chi connectivity index (χ4v) is 3.49. The van der Waals surface area contributed by atoms with Crippen molar-refractivity contribution in [3.05, 3.63) is 0 Å². The Morgan fingerprint density at radius 3 is 2.79 bits per heavy atom. The molecule has 2 saturated carbocycles. The maximum Gasteiger partial charge on any atom is 0.0704 e. The highest BCUT2D eigenvalue weighted by molar-refractivity contribution is 5.03. The molecular formula is C12H22O2. The Hall–Kier alpha value is -0.0800. The first-order valence-electron chi connectivity index (χ1n) is 5.88. The largest absolute Gasteiger partial charge is 0.389 e. The molecule has 2 aliphatic rings. The topological polar surface area (TPSA) is 29.5 Å². The Morgan fingerprint density at radius 2 is 2.29 bits per heavy atom. The van der Waals surface area contributed by atoms with E-state index in [0.29, 0.717) is 11.8 Å². The van der Waals surface area contributed by atoms with Crippen LogP contribution >= 0.6 is 0 Å². The summed E-state index contributed by atoms with van der Waals surface area (Å²) in [6, 6.07) is 0. The maximum absolute atomic E-state index is 10.6. The Kier molecular flexibility index (Phi) is 2.85.